The topological polar surface area (TPSA) is 251 Å². The second-order valence-corrected chi connectivity index (χ2v) is 12.3. The van der Waals surface area contributed by atoms with E-state index in [-0.39, 0.29) is 28.3 Å². The molecule has 0 amide bonds. The molecule has 7 N–H and O–H groups in total. The van der Waals surface area contributed by atoms with Crippen molar-refractivity contribution in [1.82, 2.24) is 39.0 Å². The number of H-pyrrole nitrogens is 2. The van der Waals surface area contributed by atoms with Crippen molar-refractivity contribution in [2.24, 2.45) is 0 Å². The second-order valence-electron chi connectivity index (χ2n) is 9.50. The van der Waals surface area contributed by atoms with Gasteiger partial charge in [-0.05, 0) is 11.8 Å². The third-order valence-corrected chi connectivity index (χ3v) is 8.56. The molecule has 0 saturated carbocycles. The van der Waals surface area contributed by atoms with E-state index in [1.165, 1.54) is 0 Å². The Labute approximate surface area is 236 Å². The first-order valence-electron chi connectivity index (χ1n) is 12.1. The van der Waals surface area contributed by atoms with E-state index < -0.39 is 80.3 Å². The van der Waals surface area contributed by atoms with E-state index in [1.807, 2.05) is 0 Å². The lowest BCUT2D eigenvalue weighted by Gasteiger charge is -2.34. The van der Waals surface area contributed by atoms with Crippen LogP contribution in [0.25, 0.3) is 22.3 Å². The molecule has 6 heterocycles. The van der Waals surface area contributed by atoms with E-state index in [9.17, 15) is 24.7 Å². The predicted molar refractivity (Wildman–Crippen MR) is 139 cm³/mol. The zero-order valence-corrected chi connectivity index (χ0v) is 22.7. The summed E-state index contributed by atoms with van der Waals surface area (Å²) < 4.78 is 55.3. The molecule has 4 aromatic heterocycles. The van der Waals surface area contributed by atoms with Gasteiger partial charge in [-0.3, -0.25) is 28.2 Å². The summed E-state index contributed by atoms with van der Waals surface area (Å²) in [4.78, 5) is 55.4. The molecular formula is C20H22F2N9O9PS. The van der Waals surface area contributed by atoms with Crippen LogP contribution in [0.5, 0.6) is 0 Å². The highest BCUT2D eigenvalue weighted by atomic mass is 32.5. The zero-order chi connectivity index (χ0) is 30.0. The normalized spacial score (nSPS) is 31.3. The number of nitrogen functional groups attached to an aromatic ring is 1. The molecule has 0 spiro atoms. The molecule has 0 aliphatic carbocycles. The van der Waals surface area contributed by atoms with Crippen LogP contribution < -0.4 is 16.9 Å². The van der Waals surface area contributed by atoms with Gasteiger partial charge in [-0.2, -0.15) is 4.98 Å². The number of nitrogens with zero attached hydrogens (tertiary/aromatic N) is 6. The van der Waals surface area contributed by atoms with Crippen molar-refractivity contribution in [3.05, 3.63) is 39.7 Å². The second kappa shape index (κ2) is 10.2. The number of hydrogen-bond acceptors (Lipinski definition) is 14. The van der Waals surface area contributed by atoms with Gasteiger partial charge in [-0.15, -0.1) is 0 Å². The summed E-state index contributed by atoms with van der Waals surface area (Å²) in [7, 11) is 0. The Bertz CT molecular complexity index is 1840. The maximum atomic E-state index is 16.0. The van der Waals surface area contributed by atoms with Gasteiger partial charge in [-0.1, -0.05) is 0 Å². The maximum absolute atomic E-state index is 16.0. The molecule has 7 atom stereocenters. The van der Waals surface area contributed by atoms with Gasteiger partial charge in [0.05, 0.1) is 32.5 Å². The summed E-state index contributed by atoms with van der Waals surface area (Å²) >= 11 is 5.11. The number of aliphatic hydroxyl groups excluding tert-OH is 2. The highest BCUT2D eigenvalue weighted by molar-refractivity contribution is 8.07. The van der Waals surface area contributed by atoms with Crippen molar-refractivity contribution in [3.8, 4) is 0 Å². The van der Waals surface area contributed by atoms with Crippen LogP contribution in [-0.4, -0.2) is 105 Å². The molecule has 2 saturated heterocycles. The molecule has 2 aliphatic heterocycles. The number of anilines is 1. The van der Waals surface area contributed by atoms with E-state index in [0.717, 1.165) is 28.1 Å². The first-order valence-corrected chi connectivity index (χ1v) is 14.7. The number of fused-ring (bicyclic) bond motifs is 2. The van der Waals surface area contributed by atoms with Gasteiger partial charge in [0.1, 0.15) is 31.2 Å². The summed E-state index contributed by atoms with van der Waals surface area (Å²) in [6.07, 6.45) is -3.98. The quantitative estimate of drug-likeness (QED) is 0.113. The lowest BCUT2D eigenvalue weighted by atomic mass is 10.1. The van der Waals surface area contributed by atoms with Crippen molar-refractivity contribution < 1.29 is 42.4 Å². The minimum absolute atomic E-state index is 0.155. The average molecular weight is 633 g/mol. The molecule has 1 unspecified atom stereocenters. The summed E-state index contributed by atoms with van der Waals surface area (Å²) in [5.74, 6) is -2.97. The number of imidazole rings is 2. The average Bonchev–Trinajstić information content (AvgIpc) is 3.70. The molecule has 0 bridgehead atoms. The number of ether oxygens (including phenoxy) is 2. The molecule has 2 aliphatic rings. The minimum Gasteiger partial charge on any atom is -0.394 e. The molecule has 2 fully saturated rings. The number of nitrogens with one attached hydrogen (secondary N) is 2. The zero-order valence-electron chi connectivity index (χ0n) is 21.0. The summed E-state index contributed by atoms with van der Waals surface area (Å²) in [5, 5.41) is 20.4. The van der Waals surface area contributed by atoms with Crippen molar-refractivity contribution in [1.29, 1.82) is 0 Å². The van der Waals surface area contributed by atoms with E-state index in [0.29, 0.717) is 0 Å². The van der Waals surface area contributed by atoms with Crippen LogP contribution in [0.1, 0.15) is 0 Å². The standard InChI is InChI=1S/C20H22F2N9O9PS/c21-12-8(1-32)38-4-20(12,31-7-27-11-15(31)28-18(23)29-17(11)35)40-41(36,42)39-2-9-13(33)19(22,3-37-9)30-6-26-10-14(30)24-5-25-16(10)34/h5-9,12-13,32-33H,1-4H2,(H,36,42)(H,24,25,34)(H3,23,28,29,35)/t8-,9-,12-,13-,19-,20-,41?/m1/s1. The lowest BCUT2D eigenvalue weighted by Crippen LogP contribution is -2.46. The van der Waals surface area contributed by atoms with Gasteiger partial charge in [-0.25, -0.2) is 23.7 Å². The van der Waals surface area contributed by atoms with Crippen LogP contribution >= 0.6 is 6.72 Å². The first-order chi connectivity index (χ1) is 19.9. The number of aromatic amines is 2. The number of halogens is 2. The Kier molecular flexibility index (Phi) is 6.98. The Morgan fingerprint density at radius 1 is 1.14 bits per heavy atom. The Morgan fingerprint density at radius 3 is 2.55 bits per heavy atom. The van der Waals surface area contributed by atoms with Crippen LogP contribution in [0.3, 0.4) is 0 Å². The number of rotatable bonds is 8. The Morgan fingerprint density at radius 2 is 1.83 bits per heavy atom. The molecule has 4 aromatic rings. The largest absolute Gasteiger partial charge is 0.394 e. The fourth-order valence-corrected chi connectivity index (χ4v) is 6.50. The van der Waals surface area contributed by atoms with E-state index in [1.54, 1.807) is 0 Å². The molecule has 0 radical (unpaired) electrons. The number of alkyl halides is 2. The first kappa shape index (κ1) is 28.8. The molecule has 42 heavy (non-hydrogen) atoms. The van der Waals surface area contributed by atoms with Crippen molar-refractivity contribution in [2.45, 2.75) is 36.0 Å². The van der Waals surface area contributed by atoms with Crippen LogP contribution in [0, 0.1) is 0 Å². The van der Waals surface area contributed by atoms with Crippen LogP contribution in [0.15, 0.2) is 28.6 Å². The predicted octanol–water partition coefficient (Wildman–Crippen LogP) is -2.15. The highest BCUT2D eigenvalue weighted by Crippen LogP contribution is 2.54. The highest BCUT2D eigenvalue weighted by Gasteiger charge is 2.57. The van der Waals surface area contributed by atoms with E-state index >= 15 is 8.78 Å². The van der Waals surface area contributed by atoms with E-state index in [4.69, 9.17) is 36.1 Å². The fourth-order valence-electron chi connectivity index (χ4n) is 4.90. The summed E-state index contributed by atoms with van der Waals surface area (Å²) in [6.45, 7) is -7.38. The van der Waals surface area contributed by atoms with Gasteiger partial charge < -0.3 is 39.8 Å². The summed E-state index contributed by atoms with van der Waals surface area (Å²) in [5.41, 5.74) is 1.12. The van der Waals surface area contributed by atoms with Gasteiger partial charge in [0.2, 0.25) is 17.5 Å². The third-order valence-electron chi connectivity index (χ3n) is 7.00. The van der Waals surface area contributed by atoms with Gasteiger partial charge in [0.25, 0.3) is 11.1 Å². The molecule has 0 aromatic carbocycles. The number of aromatic nitrogens is 8. The smallest absolute Gasteiger partial charge is 0.326 e. The molecule has 6 rings (SSSR count). The molecule has 226 valence electrons. The maximum Gasteiger partial charge on any atom is 0.326 e. The van der Waals surface area contributed by atoms with Crippen LogP contribution in [-0.2, 0) is 41.8 Å². The third kappa shape index (κ3) is 4.44. The van der Waals surface area contributed by atoms with E-state index in [2.05, 4.69) is 29.9 Å². The monoisotopic (exact) mass is 633 g/mol. The Balaban J connectivity index is 1.26. The molecule has 18 nitrogen and oxygen atoms in total. The van der Waals surface area contributed by atoms with Crippen molar-refractivity contribution in [2.75, 3.05) is 32.2 Å². The van der Waals surface area contributed by atoms with Crippen LogP contribution in [0.2, 0.25) is 0 Å². The van der Waals surface area contributed by atoms with Crippen LogP contribution in [0.4, 0.5) is 14.7 Å². The van der Waals surface area contributed by atoms with Crippen molar-refractivity contribution in [3.63, 3.8) is 0 Å². The SMILES string of the molecule is Nc1nc2c(ncn2[C@@]2(OP(O)(=S)OC[C@H]3OC[C@@](F)(n4cnc5c(=O)[nH]cnc54)[C@@H]3O)CO[C@H](CO)[C@H]2F)c(=O)[nH]1. The summed E-state index contributed by atoms with van der Waals surface area (Å²) in [6, 6.07) is 0. The molecule has 22 heteroatoms. The minimum atomic E-state index is -4.50. The molecular weight excluding hydrogens is 611 g/mol. The van der Waals surface area contributed by atoms with Gasteiger partial charge in [0, 0.05) is 0 Å². The number of nitrogens with two attached hydrogens (primary N) is 1. The number of hydrogen-bond donors (Lipinski definition) is 6. The Hall–Kier alpha value is -3.27. The van der Waals surface area contributed by atoms with Gasteiger partial charge in [0.15, 0.2) is 28.5 Å². The number of aliphatic hydroxyl groups is 2. The lowest BCUT2D eigenvalue weighted by molar-refractivity contribution is -0.0745. The van der Waals surface area contributed by atoms with Gasteiger partial charge >= 0.3 is 6.72 Å². The van der Waals surface area contributed by atoms with Crippen molar-refractivity contribution >= 4 is 46.8 Å². The fraction of sp³-hybridized carbons (Fsp3) is 0.500.